The molecule has 0 unspecified atom stereocenters. The second kappa shape index (κ2) is 7.09. The lowest BCUT2D eigenvalue weighted by Crippen LogP contribution is -2.03. The number of hydrogen-bond donors (Lipinski definition) is 0. The third-order valence-corrected chi connectivity index (χ3v) is 4.27. The topological polar surface area (TPSA) is 66.2 Å². The zero-order valence-electron chi connectivity index (χ0n) is 14.3. The summed E-state index contributed by atoms with van der Waals surface area (Å²) < 4.78 is 12.7. The van der Waals surface area contributed by atoms with Gasteiger partial charge in [0.15, 0.2) is 5.82 Å². The number of rotatable bonds is 4. The van der Waals surface area contributed by atoms with E-state index in [0.717, 1.165) is 16.7 Å². The average Bonchev–Trinajstić information content (AvgIpc) is 3.12. The molecule has 2 aromatic heterocycles. The van der Waals surface area contributed by atoms with Gasteiger partial charge < -0.3 is 9.47 Å². The van der Waals surface area contributed by atoms with Crippen molar-refractivity contribution >= 4 is 28.5 Å². The lowest BCUT2D eigenvalue weighted by atomic mass is 10.2. The third kappa shape index (κ3) is 3.35. The molecule has 6 nitrogen and oxygen atoms in total. The first-order chi connectivity index (χ1) is 13.2. The minimum atomic E-state index is -0.512. The first kappa shape index (κ1) is 17.1. The molecule has 2 heterocycles. The Morgan fingerprint density at radius 1 is 1.11 bits per heavy atom. The highest BCUT2D eigenvalue weighted by Gasteiger charge is 2.15. The number of halogens is 1. The zero-order chi connectivity index (χ0) is 18.8. The van der Waals surface area contributed by atoms with E-state index in [1.165, 1.54) is 13.2 Å². The van der Waals surface area contributed by atoms with Crippen LogP contribution in [-0.2, 0) is 4.74 Å². The number of esters is 1. The van der Waals surface area contributed by atoms with Gasteiger partial charge in [0, 0.05) is 29.0 Å². The van der Waals surface area contributed by atoms with E-state index in [-0.39, 0.29) is 5.56 Å². The van der Waals surface area contributed by atoms with Crippen LogP contribution in [0.2, 0.25) is 5.02 Å². The lowest BCUT2D eigenvalue weighted by molar-refractivity contribution is 0.0598. The number of nitrogens with zero attached hydrogens (tertiary/aromatic N) is 3. The van der Waals surface area contributed by atoms with E-state index in [1.807, 2.05) is 35.0 Å². The molecule has 0 amide bonds. The molecule has 0 atom stereocenters. The SMILES string of the molecule is COC(=O)c1cc(Cl)ccc1Oc1ccc2c(ccn2-c2cnccn2)c1. The number of methoxy groups -OCH3 is 1. The van der Waals surface area contributed by atoms with Crippen molar-refractivity contribution in [3.63, 3.8) is 0 Å². The molecule has 0 saturated carbocycles. The molecular formula is C20H14ClN3O3. The van der Waals surface area contributed by atoms with Crippen LogP contribution in [0.3, 0.4) is 0 Å². The van der Waals surface area contributed by atoms with Crippen molar-refractivity contribution in [3.8, 4) is 17.3 Å². The van der Waals surface area contributed by atoms with Gasteiger partial charge in [0.1, 0.15) is 17.1 Å². The molecule has 7 heteroatoms. The van der Waals surface area contributed by atoms with Gasteiger partial charge in [-0.3, -0.25) is 9.55 Å². The monoisotopic (exact) mass is 379 g/mol. The van der Waals surface area contributed by atoms with Crippen LogP contribution >= 0.6 is 11.6 Å². The highest BCUT2D eigenvalue weighted by atomic mass is 35.5. The van der Waals surface area contributed by atoms with E-state index < -0.39 is 5.97 Å². The Bertz CT molecular complexity index is 1130. The maximum atomic E-state index is 12.0. The number of aromatic nitrogens is 3. The molecule has 4 rings (SSSR count). The molecule has 0 radical (unpaired) electrons. The van der Waals surface area contributed by atoms with Crippen LogP contribution in [0.5, 0.6) is 11.5 Å². The highest BCUT2D eigenvalue weighted by Crippen LogP contribution is 2.31. The predicted molar refractivity (Wildman–Crippen MR) is 102 cm³/mol. The number of hydrogen-bond acceptors (Lipinski definition) is 5. The van der Waals surface area contributed by atoms with Gasteiger partial charge in [-0.25, -0.2) is 9.78 Å². The first-order valence-electron chi connectivity index (χ1n) is 8.09. The van der Waals surface area contributed by atoms with Crippen LogP contribution in [0, 0.1) is 0 Å². The van der Waals surface area contributed by atoms with Crippen molar-refractivity contribution in [2.24, 2.45) is 0 Å². The molecule has 0 fully saturated rings. The van der Waals surface area contributed by atoms with Crippen LogP contribution in [-0.4, -0.2) is 27.6 Å². The summed E-state index contributed by atoms with van der Waals surface area (Å²) in [5.74, 6) is 1.18. The molecule has 2 aromatic carbocycles. The lowest BCUT2D eigenvalue weighted by Gasteiger charge is -2.11. The summed E-state index contributed by atoms with van der Waals surface area (Å²) in [7, 11) is 1.31. The number of fused-ring (bicyclic) bond motifs is 1. The van der Waals surface area contributed by atoms with Gasteiger partial charge in [-0.1, -0.05) is 11.6 Å². The van der Waals surface area contributed by atoms with Crippen molar-refractivity contribution < 1.29 is 14.3 Å². The van der Waals surface area contributed by atoms with Crippen LogP contribution in [0.1, 0.15) is 10.4 Å². The minimum absolute atomic E-state index is 0.266. The fourth-order valence-corrected chi connectivity index (χ4v) is 2.96. The van der Waals surface area contributed by atoms with Gasteiger partial charge in [-0.15, -0.1) is 0 Å². The normalized spacial score (nSPS) is 10.7. The Hall–Kier alpha value is -3.38. The Balaban J connectivity index is 1.70. The van der Waals surface area contributed by atoms with Crippen molar-refractivity contribution in [2.75, 3.05) is 7.11 Å². The van der Waals surface area contributed by atoms with Crippen molar-refractivity contribution in [2.45, 2.75) is 0 Å². The zero-order valence-corrected chi connectivity index (χ0v) is 15.1. The van der Waals surface area contributed by atoms with Gasteiger partial charge in [-0.2, -0.15) is 0 Å². The van der Waals surface area contributed by atoms with E-state index in [1.54, 1.807) is 30.7 Å². The number of carbonyl (C=O) groups is 1. The summed E-state index contributed by atoms with van der Waals surface area (Å²) in [5.41, 5.74) is 1.23. The average molecular weight is 380 g/mol. The molecule has 0 bridgehead atoms. The Labute approximate surface area is 160 Å². The van der Waals surface area contributed by atoms with Crippen molar-refractivity contribution in [1.29, 1.82) is 0 Å². The highest BCUT2D eigenvalue weighted by molar-refractivity contribution is 6.31. The molecule has 4 aromatic rings. The molecule has 0 aliphatic heterocycles. The van der Waals surface area contributed by atoms with Crippen LogP contribution < -0.4 is 4.74 Å². The summed E-state index contributed by atoms with van der Waals surface area (Å²) in [6.45, 7) is 0. The van der Waals surface area contributed by atoms with E-state index >= 15 is 0 Å². The number of ether oxygens (including phenoxy) is 2. The molecule has 134 valence electrons. The van der Waals surface area contributed by atoms with E-state index in [2.05, 4.69) is 9.97 Å². The number of benzene rings is 2. The summed E-state index contributed by atoms with van der Waals surface area (Å²) in [6, 6.07) is 12.4. The molecule has 0 N–H and O–H groups in total. The van der Waals surface area contributed by atoms with Gasteiger partial charge in [0.2, 0.25) is 0 Å². The summed E-state index contributed by atoms with van der Waals surface area (Å²) in [6.07, 6.45) is 6.89. The fourth-order valence-electron chi connectivity index (χ4n) is 2.79. The quantitative estimate of drug-likeness (QED) is 0.483. The van der Waals surface area contributed by atoms with Crippen LogP contribution in [0.4, 0.5) is 0 Å². The smallest absolute Gasteiger partial charge is 0.341 e. The Morgan fingerprint density at radius 2 is 2.00 bits per heavy atom. The van der Waals surface area contributed by atoms with Crippen molar-refractivity contribution in [1.82, 2.24) is 14.5 Å². The van der Waals surface area contributed by atoms with Crippen LogP contribution in [0.15, 0.2) is 67.3 Å². The summed E-state index contributed by atoms with van der Waals surface area (Å²) in [5, 5.41) is 1.39. The van der Waals surface area contributed by atoms with Crippen LogP contribution in [0.25, 0.3) is 16.7 Å². The van der Waals surface area contributed by atoms with Crippen molar-refractivity contribution in [3.05, 3.63) is 77.8 Å². The van der Waals surface area contributed by atoms with E-state index in [9.17, 15) is 4.79 Å². The van der Waals surface area contributed by atoms with Gasteiger partial charge in [0.05, 0.1) is 18.8 Å². The van der Waals surface area contributed by atoms with Gasteiger partial charge in [0.25, 0.3) is 0 Å². The molecule has 0 aliphatic rings. The first-order valence-corrected chi connectivity index (χ1v) is 8.47. The largest absolute Gasteiger partial charge is 0.465 e. The molecule has 0 spiro atoms. The molecule has 0 aliphatic carbocycles. The fraction of sp³-hybridized carbons (Fsp3) is 0.0500. The van der Waals surface area contributed by atoms with E-state index in [4.69, 9.17) is 21.1 Å². The van der Waals surface area contributed by atoms with Gasteiger partial charge >= 0.3 is 5.97 Å². The second-order valence-corrected chi connectivity index (χ2v) is 6.14. The van der Waals surface area contributed by atoms with Gasteiger partial charge in [-0.05, 0) is 42.5 Å². The Morgan fingerprint density at radius 3 is 2.78 bits per heavy atom. The summed E-state index contributed by atoms with van der Waals surface area (Å²) >= 11 is 5.98. The second-order valence-electron chi connectivity index (χ2n) is 5.70. The van der Waals surface area contributed by atoms with E-state index in [0.29, 0.717) is 16.5 Å². The Kier molecular flexibility index (Phi) is 4.48. The predicted octanol–water partition coefficient (Wildman–Crippen LogP) is 4.65. The molecule has 0 saturated heterocycles. The maximum Gasteiger partial charge on any atom is 0.341 e. The number of carbonyl (C=O) groups excluding carboxylic acids is 1. The third-order valence-electron chi connectivity index (χ3n) is 4.03. The molecular weight excluding hydrogens is 366 g/mol. The molecule has 27 heavy (non-hydrogen) atoms. The standard InChI is InChI=1S/C20H14ClN3O3/c1-26-20(25)16-11-14(21)2-5-18(16)27-15-3-4-17-13(10-15)6-9-24(17)19-12-22-7-8-23-19/h2-12H,1H3. The minimum Gasteiger partial charge on any atom is -0.465 e. The maximum absolute atomic E-state index is 12.0. The summed E-state index contributed by atoms with van der Waals surface area (Å²) in [4.78, 5) is 20.4.